The average molecular weight is 411 g/mol. The zero-order valence-corrected chi connectivity index (χ0v) is 17.0. The minimum Gasteiger partial charge on any atom is -0.368 e. The molecule has 0 aliphatic carbocycles. The Hall–Kier alpha value is -2.80. The summed E-state index contributed by atoms with van der Waals surface area (Å²) in [6.45, 7) is 5.02. The number of aromatic amines is 1. The maximum absolute atomic E-state index is 13.1. The van der Waals surface area contributed by atoms with E-state index < -0.39 is 0 Å². The summed E-state index contributed by atoms with van der Waals surface area (Å²) >= 11 is 1.42. The zero-order valence-electron chi connectivity index (χ0n) is 16.2. The van der Waals surface area contributed by atoms with Crippen molar-refractivity contribution < 1.29 is 9.18 Å². The molecule has 0 bridgehead atoms. The lowest BCUT2D eigenvalue weighted by molar-refractivity contribution is -0.130. The first-order chi connectivity index (χ1) is 14.1. The third-order valence-electron chi connectivity index (χ3n) is 5.06. The van der Waals surface area contributed by atoms with E-state index in [2.05, 4.69) is 27.0 Å². The number of piperazine rings is 1. The quantitative estimate of drug-likeness (QED) is 0.645. The third kappa shape index (κ3) is 4.62. The minimum absolute atomic E-state index is 0.127. The number of carbonyl (C=O) groups excluding carboxylic acids is 1. The number of hydrogen-bond acceptors (Lipinski definition) is 4. The highest BCUT2D eigenvalue weighted by Crippen LogP contribution is 2.26. The second kappa shape index (κ2) is 8.69. The number of imidazole rings is 1. The van der Waals surface area contributed by atoms with Crippen LogP contribution in [0, 0.1) is 5.82 Å². The number of halogens is 1. The summed E-state index contributed by atoms with van der Waals surface area (Å²) in [5.41, 5.74) is 2.87. The van der Waals surface area contributed by atoms with Gasteiger partial charge in [0.2, 0.25) is 5.91 Å². The van der Waals surface area contributed by atoms with E-state index in [1.165, 1.54) is 29.6 Å². The van der Waals surface area contributed by atoms with Gasteiger partial charge in [-0.15, -0.1) is 0 Å². The Morgan fingerprint density at radius 1 is 1.07 bits per heavy atom. The van der Waals surface area contributed by atoms with E-state index in [9.17, 15) is 9.18 Å². The number of amides is 1. The Morgan fingerprint density at radius 3 is 2.45 bits per heavy atom. The SMILES string of the molecule is C[C@@H](Sc1ncc(-c2ccc(F)cc2)[nH]1)C(=O)N1CCN(c2ccccc2)CC1. The molecule has 1 aromatic heterocycles. The maximum atomic E-state index is 13.1. The molecule has 150 valence electrons. The van der Waals surface area contributed by atoms with E-state index >= 15 is 0 Å². The normalized spacial score (nSPS) is 15.4. The number of nitrogens with one attached hydrogen (secondary N) is 1. The second-order valence-corrected chi connectivity index (χ2v) is 8.35. The Morgan fingerprint density at radius 2 is 1.76 bits per heavy atom. The molecule has 0 saturated carbocycles. The van der Waals surface area contributed by atoms with E-state index in [1.807, 2.05) is 30.0 Å². The fraction of sp³-hybridized carbons (Fsp3) is 0.273. The molecule has 1 N–H and O–H groups in total. The standard InChI is InChI=1S/C22H23FN4OS/c1-16(29-22-24-15-20(25-22)17-7-9-18(23)10-8-17)21(28)27-13-11-26(12-14-27)19-5-3-2-4-6-19/h2-10,15-16H,11-14H2,1H3,(H,24,25)/t16-/m1/s1. The molecule has 3 aromatic rings. The predicted molar refractivity (Wildman–Crippen MR) is 115 cm³/mol. The molecule has 5 nitrogen and oxygen atoms in total. The Labute approximate surface area is 173 Å². The fourth-order valence-electron chi connectivity index (χ4n) is 3.44. The van der Waals surface area contributed by atoms with Crippen molar-refractivity contribution in [2.24, 2.45) is 0 Å². The topological polar surface area (TPSA) is 52.2 Å². The summed E-state index contributed by atoms with van der Waals surface area (Å²) in [7, 11) is 0. The molecule has 1 atom stereocenters. The van der Waals surface area contributed by atoms with E-state index in [1.54, 1.807) is 18.3 Å². The molecule has 0 unspecified atom stereocenters. The van der Waals surface area contributed by atoms with Crippen LogP contribution < -0.4 is 4.90 Å². The van der Waals surface area contributed by atoms with E-state index in [0.717, 1.165) is 37.4 Å². The van der Waals surface area contributed by atoms with Crippen LogP contribution in [-0.2, 0) is 4.79 Å². The van der Waals surface area contributed by atoms with Crippen molar-refractivity contribution in [3.05, 3.63) is 66.6 Å². The first-order valence-electron chi connectivity index (χ1n) is 9.66. The van der Waals surface area contributed by atoms with Crippen molar-refractivity contribution in [3.8, 4) is 11.3 Å². The molecule has 0 radical (unpaired) electrons. The highest BCUT2D eigenvalue weighted by molar-refractivity contribution is 8.00. The Kier molecular flexibility index (Phi) is 5.85. The number of nitrogens with zero attached hydrogens (tertiary/aromatic N) is 3. The molecule has 29 heavy (non-hydrogen) atoms. The molecular formula is C22H23FN4OS. The molecule has 1 fully saturated rings. The average Bonchev–Trinajstić information content (AvgIpc) is 3.23. The van der Waals surface area contributed by atoms with Crippen molar-refractivity contribution in [1.82, 2.24) is 14.9 Å². The second-order valence-electron chi connectivity index (χ2n) is 7.02. The summed E-state index contributed by atoms with van der Waals surface area (Å²) in [4.78, 5) is 24.7. The van der Waals surface area contributed by atoms with Gasteiger partial charge in [-0.05, 0) is 48.9 Å². The summed E-state index contributed by atoms with van der Waals surface area (Å²) in [6.07, 6.45) is 1.71. The van der Waals surface area contributed by atoms with Crippen LogP contribution in [0.25, 0.3) is 11.3 Å². The van der Waals surface area contributed by atoms with Crippen molar-refractivity contribution in [1.29, 1.82) is 0 Å². The van der Waals surface area contributed by atoms with Crippen molar-refractivity contribution >= 4 is 23.4 Å². The molecule has 1 aliphatic rings. The van der Waals surface area contributed by atoms with Gasteiger partial charge in [-0.2, -0.15) is 0 Å². The first-order valence-corrected chi connectivity index (χ1v) is 10.5. The van der Waals surface area contributed by atoms with Crippen LogP contribution in [0.3, 0.4) is 0 Å². The molecule has 4 rings (SSSR count). The molecule has 0 spiro atoms. The summed E-state index contributed by atoms with van der Waals surface area (Å²) in [6, 6.07) is 16.5. The molecule has 2 aromatic carbocycles. The van der Waals surface area contributed by atoms with Crippen LogP contribution >= 0.6 is 11.8 Å². The first kappa shape index (κ1) is 19.5. The van der Waals surface area contributed by atoms with Gasteiger partial charge in [0.25, 0.3) is 0 Å². The highest BCUT2D eigenvalue weighted by Gasteiger charge is 2.26. The smallest absolute Gasteiger partial charge is 0.236 e. The molecule has 1 saturated heterocycles. The van der Waals surface area contributed by atoms with Gasteiger partial charge in [-0.1, -0.05) is 30.0 Å². The van der Waals surface area contributed by atoms with Crippen LogP contribution in [0.4, 0.5) is 10.1 Å². The zero-order chi connectivity index (χ0) is 20.2. The van der Waals surface area contributed by atoms with Crippen LogP contribution in [0.15, 0.2) is 66.0 Å². The predicted octanol–water partition coefficient (Wildman–Crippen LogP) is 4.05. The van der Waals surface area contributed by atoms with Crippen LogP contribution in [0.2, 0.25) is 0 Å². The molecule has 7 heteroatoms. The minimum atomic E-state index is -0.269. The monoisotopic (exact) mass is 410 g/mol. The molecule has 1 amide bonds. The van der Waals surface area contributed by atoms with Gasteiger partial charge in [0.05, 0.1) is 17.1 Å². The largest absolute Gasteiger partial charge is 0.368 e. The molecule has 1 aliphatic heterocycles. The summed E-state index contributed by atoms with van der Waals surface area (Å²) < 4.78 is 13.1. The van der Waals surface area contributed by atoms with Crippen molar-refractivity contribution in [3.63, 3.8) is 0 Å². The van der Waals surface area contributed by atoms with Gasteiger partial charge < -0.3 is 14.8 Å². The number of rotatable bonds is 5. The fourth-order valence-corrected chi connectivity index (χ4v) is 4.31. The lowest BCUT2D eigenvalue weighted by Gasteiger charge is -2.37. The number of hydrogen-bond donors (Lipinski definition) is 1. The number of anilines is 1. The maximum Gasteiger partial charge on any atom is 0.236 e. The molecule has 2 heterocycles. The summed E-state index contributed by atoms with van der Waals surface area (Å²) in [5, 5.41) is 0.457. The van der Waals surface area contributed by atoms with Gasteiger partial charge in [-0.3, -0.25) is 4.79 Å². The van der Waals surface area contributed by atoms with Gasteiger partial charge >= 0.3 is 0 Å². The number of benzene rings is 2. The van der Waals surface area contributed by atoms with E-state index in [-0.39, 0.29) is 17.0 Å². The lowest BCUT2D eigenvalue weighted by Crippen LogP contribution is -2.50. The Balaban J connectivity index is 1.33. The van der Waals surface area contributed by atoms with E-state index in [0.29, 0.717) is 5.16 Å². The van der Waals surface area contributed by atoms with E-state index in [4.69, 9.17) is 0 Å². The number of carbonyl (C=O) groups is 1. The lowest BCUT2D eigenvalue weighted by atomic mass is 10.2. The number of para-hydroxylation sites is 1. The van der Waals surface area contributed by atoms with Crippen molar-refractivity contribution in [2.75, 3.05) is 31.1 Å². The number of aromatic nitrogens is 2. The highest BCUT2D eigenvalue weighted by atomic mass is 32.2. The molecular weight excluding hydrogens is 387 g/mol. The Bertz CT molecular complexity index is 952. The van der Waals surface area contributed by atoms with Crippen molar-refractivity contribution in [2.45, 2.75) is 17.3 Å². The summed E-state index contributed by atoms with van der Waals surface area (Å²) in [5.74, 6) is -0.142. The number of H-pyrrole nitrogens is 1. The van der Waals surface area contributed by atoms with Crippen LogP contribution in [-0.4, -0.2) is 52.2 Å². The van der Waals surface area contributed by atoms with Crippen LogP contribution in [0.5, 0.6) is 0 Å². The van der Waals surface area contributed by atoms with Gasteiger partial charge in [0.15, 0.2) is 5.16 Å². The number of thioether (sulfide) groups is 1. The van der Waals surface area contributed by atoms with Crippen LogP contribution in [0.1, 0.15) is 6.92 Å². The van der Waals surface area contributed by atoms with Gasteiger partial charge in [0.1, 0.15) is 5.82 Å². The third-order valence-corrected chi connectivity index (χ3v) is 6.04. The van der Waals surface area contributed by atoms with Gasteiger partial charge in [-0.25, -0.2) is 9.37 Å². The van der Waals surface area contributed by atoms with Gasteiger partial charge in [0, 0.05) is 31.9 Å².